The van der Waals surface area contributed by atoms with E-state index in [1.165, 1.54) is 12.1 Å². The molecule has 0 bridgehead atoms. The second-order valence-corrected chi connectivity index (χ2v) is 4.29. The van der Waals surface area contributed by atoms with Crippen molar-refractivity contribution < 1.29 is 4.79 Å². The van der Waals surface area contributed by atoms with Gasteiger partial charge in [0.25, 0.3) is 0 Å². The summed E-state index contributed by atoms with van der Waals surface area (Å²) in [4.78, 5) is 22.9. The van der Waals surface area contributed by atoms with Crippen LogP contribution in [0.2, 0.25) is 0 Å². The van der Waals surface area contributed by atoms with Gasteiger partial charge in [-0.15, -0.1) is 0 Å². The summed E-state index contributed by atoms with van der Waals surface area (Å²) in [5.41, 5.74) is 7.82. The first-order valence-corrected chi connectivity index (χ1v) is 5.87. The minimum Gasteiger partial charge on any atom is -0.397 e. The minimum absolute atomic E-state index is 0.0835. The molecule has 0 atom stereocenters. The number of aromatic nitrogens is 1. The third-order valence-electron chi connectivity index (χ3n) is 2.76. The summed E-state index contributed by atoms with van der Waals surface area (Å²) in [6.45, 7) is 2.01. The van der Waals surface area contributed by atoms with Crippen molar-refractivity contribution in [1.82, 2.24) is 4.57 Å². The Morgan fingerprint density at radius 2 is 1.95 bits per heavy atom. The first-order valence-electron chi connectivity index (χ1n) is 5.87. The number of rotatable bonds is 3. The van der Waals surface area contributed by atoms with Crippen molar-refractivity contribution in [3.8, 4) is 0 Å². The highest BCUT2D eigenvalue weighted by Crippen LogP contribution is 2.22. The molecule has 5 heteroatoms. The maximum atomic E-state index is 11.9. The number of para-hydroxylation sites is 1. The topological polar surface area (TPSA) is 77.1 Å². The van der Waals surface area contributed by atoms with Gasteiger partial charge in [-0.1, -0.05) is 12.1 Å². The molecule has 5 nitrogen and oxygen atoms in total. The number of nitrogen functional groups attached to an aromatic ring is 1. The van der Waals surface area contributed by atoms with E-state index in [0.717, 1.165) is 5.56 Å². The lowest BCUT2D eigenvalue weighted by molar-refractivity contribution is -0.116. The molecule has 2 rings (SSSR count). The zero-order valence-corrected chi connectivity index (χ0v) is 10.6. The molecule has 0 aliphatic carbocycles. The first kappa shape index (κ1) is 12.9. The molecule has 0 fully saturated rings. The van der Waals surface area contributed by atoms with E-state index >= 15 is 0 Å². The average molecular weight is 257 g/mol. The number of nitrogens with zero attached hydrogens (tertiary/aromatic N) is 1. The maximum absolute atomic E-state index is 11.9. The van der Waals surface area contributed by atoms with Crippen LogP contribution in [-0.4, -0.2) is 10.5 Å². The normalized spacial score (nSPS) is 10.2. The number of benzene rings is 1. The van der Waals surface area contributed by atoms with Crippen molar-refractivity contribution in [2.75, 3.05) is 11.1 Å². The Bertz CT molecular complexity index is 621. The quantitative estimate of drug-likeness (QED) is 0.815. The van der Waals surface area contributed by atoms with Crippen molar-refractivity contribution in [3.63, 3.8) is 0 Å². The summed E-state index contributed by atoms with van der Waals surface area (Å²) in [5, 5.41) is 2.78. The van der Waals surface area contributed by atoms with E-state index < -0.39 is 0 Å². The van der Waals surface area contributed by atoms with Crippen LogP contribution in [0, 0.1) is 6.92 Å². The zero-order chi connectivity index (χ0) is 13.8. The lowest BCUT2D eigenvalue weighted by Crippen LogP contribution is -2.20. The summed E-state index contributed by atoms with van der Waals surface area (Å²) in [6, 6.07) is 8.28. The molecule has 0 unspecified atom stereocenters. The summed E-state index contributed by atoms with van der Waals surface area (Å²) in [5.74, 6) is -0.190. The number of hydrogen-bond acceptors (Lipinski definition) is 3. The van der Waals surface area contributed by atoms with Crippen LogP contribution in [0.25, 0.3) is 0 Å². The second kappa shape index (κ2) is 5.39. The van der Waals surface area contributed by atoms with Crippen LogP contribution >= 0.6 is 0 Å². The van der Waals surface area contributed by atoms with Gasteiger partial charge in [-0.05, 0) is 18.6 Å². The number of nitrogens with one attached hydrogen (secondary N) is 1. The van der Waals surface area contributed by atoms with Gasteiger partial charge in [-0.3, -0.25) is 9.59 Å². The van der Waals surface area contributed by atoms with Crippen LogP contribution < -0.4 is 16.5 Å². The minimum atomic E-state index is -0.190. The van der Waals surface area contributed by atoms with E-state index in [2.05, 4.69) is 5.32 Å². The Hall–Kier alpha value is -2.56. The zero-order valence-electron chi connectivity index (χ0n) is 10.6. The molecule has 98 valence electrons. The first-order chi connectivity index (χ1) is 9.06. The Morgan fingerprint density at radius 1 is 1.26 bits per heavy atom. The number of amides is 1. The van der Waals surface area contributed by atoms with E-state index in [1.54, 1.807) is 23.0 Å². The number of nitrogens with two attached hydrogens (primary N) is 1. The monoisotopic (exact) mass is 257 g/mol. The predicted octanol–water partition coefficient (Wildman–Crippen LogP) is 1.38. The molecule has 0 spiro atoms. The van der Waals surface area contributed by atoms with Crippen molar-refractivity contribution in [2.24, 2.45) is 0 Å². The molecule has 1 amide bonds. The van der Waals surface area contributed by atoms with Crippen LogP contribution in [0.15, 0.2) is 47.5 Å². The fraction of sp³-hybridized carbons (Fsp3) is 0.143. The SMILES string of the molecule is Cc1cccc(N)c1NC(=O)Cn1ccc(=O)cc1. The smallest absolute Gasteiger partial charge is 0.244 e. The van der Waals surface area contributed by atoms with Crippen molar-refractivity contribution in [1.29, 1.82) is 0 Å². The molecule has 1 heterocycles. The molecule has 3 N–H and O–H groups in total. The number of hydrogen-bond donors (Lipinski definition) is 2. The third kappa shape index (κ3) is 3.22. The second-order valence-electron chi connectivity index (χ2n) is 4.29. The average Bonchev–Trinajstić information content (AvgIpc) is 2.37. The molecule has 0 saturated carbocycles. The standard InChI is InChI=1S/C14H15N3O2/c1-10-3-2-4-12(15)14(10)16-13(19)9-17-7-5-11(18)6-8-17/h2-8H,9,15H2,1H3,(H,16,19). The Labute approximate surface area is 110 Å². The number of anilines is 2. The fourth-order valence-electron chi connectivity index (χ4n) is 1.76. The van der Waals surface area contributed by atoms with E-state index in [9.17, 15) is 9.59 Å². The molecular weight excluding hydrogens is 242 g/mol. The van der Waals surface area contributed by atoms with Crippen LogP contribution in [0.1, 0.15) is 5.56 Å². The molecule has 0 radical (unpaired) electrons. The lowest BCUT2D eigenvalue weighted by atomic mass is 10.1. The van der Waals surface area contributed by atoms with Gasteiger partial charge in [0.2, 0.25) is 5.91 Å². The molecule has 1 aromatic carbocycles. The summed E-state index contributed by atoms with van der Waals surface area (Å²) < 4.78 is 1.63. The van der Waals surface area contributed by atoms with Crippen LogP contribution in [0.3, 0.4) is 0 Å². The van der Waals surface area contributed by atoms with E-state index in [1.807, 2.05) is 19.1 Å². The lowest BCUT2D eigenvalue weighted by Gasteiger charge is -2.12. The molecule has 0 aliphatic heterocycles. The van der Waals surface area contributed by atoms with Crippen molar-refractivity contribution in [2.45, 2.75) is 13.5 Å². The van der Waals surface area contributed by atoms with Gasteiger partial charge in [-0.2, -0.15) is 0 Å². The van der Waals surface area contributed by atoms with E-state index in [4.69, 9.17) is 5.73 Å². The van der Waals surface area contributed by atoms with Gasteiger partial charge in [0.05, 0.1) is 11.4 Å². The van der Waals surface area contributed by atoms with Crippen LogP contribution in [0.5, 0.6) is 0 Å². The maximum Gasteiger partial charge on any atom is 0.244 e. The highest BCUT2D eigenvalue weighted by atomic mass is 16.2. The third-order valence-corrected chi connectivity index (χ3v) is 2.76. The van der Waals surface area contributed by atoms with Gasteiger partial charge >= 0.3 is 0 Å². The molecule has 0 saturated heterocycles. The molecule has 19 heavy (non-hydrogen) atoms. The van der Waals surface area contributed by atoms with Gasteiger partial charge in [0.1, 0.15) is 6.54 Å². The number of aryl methyl sites for hydroxylation is 1. The van der Waals surface area contributed by atoms with E-state index in [0.29, 0.717) is 11.4 Å². The fourth-order valence-corrected chi connectivity index (χ4v) is 1.76. The number of carbonyl (C=O) groups excluding carboxylic acids is 1. The highest BCUT2D eigenvalue weighted by Gasteiger charge is 2.07. The van der Waals surface area contributed by atoms with Crippen LogP contribution in [-0.2, 0) is 11.3 Å². The van der Waals surface area contributed by atoms with E-state index in [-0.39, 0.29) is 17.9 Å². The highest BCUT2D eigenvalue weighted by molar-refractivity contribution is 5.94. The molecular formula is C14H15N3O2. The van der Waals surface area contributed by atoms with Crippen molar-refractivity contribution in [3.05, 3.63) is 58.5 Å². The van der Waals surface area contributed by atoms with Crippen LogP contribution in [0.4, 0.5) is 11.4 Å². The summed E-state index contributed by atoms with van der Waals surface area (Å²) in [7, 11) is 0. The summed E-state index contributed by atoms with van der Waals surface area (Å²) in [6.07, 6.45) is 3.15. The summed E-state index contributed by atoms with van der Waals surface area (Å²) >= 11 is 0. The van der Waals surface area contributed by atoms with Gasteiger partial charge in [0.15, 0.2) is 5.43 Å². The molecule has 0 aliphatic rings. The van der Waals surface area contributed by atoms with Gasteiger partial charge in [0, 0.05) is 24.5 Å². The largest absolute Gasteiger partial charge is 0.397 e. The van der Waals surface area contributed by atoms with Crippen molar-refractivity contribution >= 4 is 17.3 Å². The Kier molecular flexibility index (Phi) is 3.66. The molecule has 2 aromatic rings. The molecule has 1 aromatic heterocycles. The number of carbonyl (C=O) groups is 1. The van der Waals surface area contributed by atoms with Gasteiger partial charge in [-0.25, -0.2) is 0 Å². The number of pyridine rings is 1. The predicted molar refractivity (Wildman–Crippen MR) is 74.9 cm³/mol. The Balaban J connectivity index is 2.09. The Morgan fingerprint density at radius 3 is 2.58 bits per heavy atom. The van der Waals surface area contributed by atoms with Gasteiger partial charge < -0.3 is 15.6 Å².